The summed E-state index contributed by atoms with van der Waals surface area (Å²) >= 11 is 0. The van der Waals surface area contributed by atoms with Crippen LogP contribution in [0.15, 0.2) is 12.4 Å². The number of carbonyl (C=O) groups excluding carboxylic acids is 1. The van der Waals surface area contributed by atoms with Crippen LogP contribution in [0.25, 0.3) is 0 Å². The van der Waals surface area contributed by atoms with E-state index in [1.54, 1.807) is 6.20 Å². The summed E-state index contributed by atoms with van der Waals surface area (Å²) in [6, 6.07) is 0. The maximum absolute atomic E-state index is 11.8. The molecular formula is C11H15N3O2. The SMILES string of the molecule is Cc1cnc(C(=O)NC2(CCO)CC2)cn1. The highest BCUT2D eigenvalue weighted by Gasteiger charge is 2.43. The van der Waals surface area contributed by atoms with E-state index in [4.69, 9.17) is 5.11 Å². The number of aliphatic hydroxyl groups excluding tert-OH is 1. The van der Waals surface area contributed by atoms with Crippen molar-refractivity contribution in [2.45, 2.75) is 31.7 Å². The van der Waals surface area contributed by atoms with Crippen LogP contribution in [0.5, 0.6) is 0 Å². The second-order valence-corrected chi connectivity index (χ2v) is 4.25. The minimum Gasteiger partial charge on any atom is -0.396 e. The van der Waals surface area contributed by atoms with Gasteiger partial charge in [0.2, 0.25) is 0 Å². The Morgan fingerprint density at radius 2 is 2.25 bits per heavy atom. The van der Waals surface area contributed by atoms with Crippen LogP contribution < -0.4 is 5.32 Å². The van der Waals surface area contributed by atoms with Gasteiger partial charge in [0.15, 0.2) is 0 Å². The maximum atomic E-state index is 11.8. The Morgan fingerprint density at radius 1 is 1.50 bits per heavy atom. The molecule has 0 bridgehead atoms. The molecule has 0 aromatic carbocycles. The minimum absolute atomic E-state index is 0.0971. The number of rotatable bonds is 4. The molecule has 1 aliphatic rings. The highest BCUT2D eigenvalue weighted by molar-refractivity contribution is 5.92. The fourth-order valence-corrected chi connectivity index (χ4v) is 1.62. The first kappa shape index (κ1) is 11.0. The summed E-state index contributed by atoms with van der Waals surface area (Å²) < 4.78 is 0. The highest BCUT2D eigenvalue weighted by atomic mass is 16.3. The van der Waals surface area contributed by atoms with Gasteiger partial charge in [-0.3, -0.25) is 9.78 Å². The molecule has 1 fully saturated rings. The summed E-state index contributed by atoms with van der Waals surface area (Å²) in [5.74, 6) is -0.210. The molecule has 16 heavy (non-hydrogen) atoms. The predicted molar refractivity (Wildman–Crippen MR) is 57.9 cm³/mol. The van der Waals surface area contributed by atoms with Gasteiger partial charge in [0.1, 0.15) is 5.69 Å². The van der Waals surface area contributed by atoms with Crippen LogP contribution in [-0.4, -0.2) is 33.1 Å². The number of hydrogen-bond donors (Lipinski definition) is 2. The number of aliphatic hydroxyl groups is 1. The molecule has 1 heterocycles. The molecule has 0 radical (unpaired) electrons. The van der Waals surface area contributed by atoms with Crippen molar-refractivity contribution < 1.29 is 9.90 Å². The molecule has 2 rings (SSSR count). The third-order valence-electron chi connectivity index (χ3n) is 2.84. The Hall–Kier alpha value is -1.49. The summed E-state index contributed by atoms with van der Waals surface area (Å²) in [7, 11) is 0. The number of aryl methyl sites for hydroxylation is 1. The van der Waals surface area contributed by atoms with Crippen molar-refractivity contribution in [3.8, 4) is 0 Å². The van der Waals surface area contributed by atoms with Crippen LogP contribution in [0.3, 0.4) is 0 Å². The van der Waals surface area contributed by atoms with Crippen molar-refractivity contribution in [2.24, 2.45) is 0 Å². The summed E-state index contributed by atoms with van der Waals surface area (Å²) in [5.41, 5.74) is 0.918. The van der Waals surface area contributed by atoms with Gasteiger partial charge in [-0.1, -0.05) is 0 Å². The fraction of sp³-hybridized carbons (Fsp3) is 0.545. The second kappa shape index (κ2) is 4.17. The smallest absolute Gasteiger partial charge is 0.271 e. The lowest BCUT2D eigenvalue weighted by atomic mass is 10.2. The number of aromatic nitrogens is 2. The van der Waals surface area contributed by atoms with Crippen LogP contribution in [0.4, 0.5) is 0 Å². The minimum atomic E-state index is -0.210. The molecular weight excluding hydrogens is 206 g/mol. The van der Waals surface area contributed by atoms with E-state index < -0.39 is 0 Å². The van der Waals surface area contributed by atoms with E-state index in [1.165, 1.54) is 6.20 Å². The van der Waals surface area contributed by atoms with E-state index in [0.717, 1.165) is 18.5 Å². The number of nitrogens with one attached hydrogen (secondary N) is 1. The van der Waals surface area contributed by atoms with E-state index in [2.05, 4.69) is 15.3 Å². The first-order valence-electron chi connectivity index (χ1n) is 5.37. The zero-order chi connectivity index (χ0) is 11.6. The van der Waals surface area contributed by atoms with Gasteiger partial charge in [0.05, 0.1) is 11.9 Å². The standard InChI is InChI=1S/C11H15N3O2/c1-8-6-13-9(7-12-8)10(16)14-11(2-3-11)4-5-15/h6-7,15H,2-5H2,1H3,(H,14,16). The Kier molecular flexibility index (Phi) is 2.87. The molecule has 0 aliphatic heterocycles. The van der Waals surface area contributed by atoms with Gasteiger partial charge >= 0.3 is 0 Å². The third-order valence-corrected chi connectivity index (χ3v) is 2.84. The monoisotopic (exact) mass is 221 g/mol. The summed E-state index contributed by atoms with van der Waals surface area (Å²) in [6.07, 6.45) is 5.51. The number of hydrogen-bond acceptors (Lipinski definition) is 4. The Labute approximate surface area is 93.9 Å². The van der Waals surface area contributed by atoms with Crippen molar-refractivity contribution in [3.05, 3.63) is 23.8 Å². The molecule has 1 aromatic rings. The van der Waals surface area contributed by atoms with Crippen LogP contribution in [-0.2, 0) is 0 Å². The lowest BCUT2D eigenvalue weighted by Gasteiger charge is -2.15. The van der Waals surface area contributed by atoms with Crippen LogP contribution in [0.2, 0.25) is 0 Å². The number of amides is 1. The summed E-state index contributed by atoms with van der Waals surface area (Å²) in [4.78, 5) is 19.8. The first-order valence-corrected chi connectivity index (χ1v) is 5.37. The predicted octanol–water partition coefficient (Wildman–Crippen LogP) is 0.430. The largest absolute Gasteiger partial charge is 0.396 e. The molecule has 1 aromatic heterocycles. The molecule has 2 N–H and O–H groups in total. The highest BCUT2D eigenvalue weighted by Crippen LogP contribution is 2.38. The zero-order valence-electron chi connectivity index (χ0n) is 9.23. The molecule has 0 unspecified atom stereocenters. The average molecular weight is 221 g/mol. The Bertz CT molecular complexity index is 385. The van der Waals surface area contributed by atoms with Gasteiger partial charge in [0.25, 0.3) is 5.91 Å². The van der Waals surface area contributed by atoms with Crippen LogP contribution in [0.1, 0.15) is 35.4 Å². The molecule has 5 heteroatoms. The molecule has 0 saturated heterocycles. The summed E-state index contributed by atoms with van der Waals surface area (Å²) in [6.45, 7) is 1.92. The van der Waals surface area contributed by atoms with E-state index in [1.807, 2.05) is 6.92 Å². The molecule has 1 amide bonds. The van der Waals surface area contributed by atoms with Gasteiger partial charge in [-0.25, -0.2) is 4.98 Å². The number of carbonyl (C=O) groups is 1. The van der Waals surface area contributed by atoms with Crippen LogP contribution in [0, 0.1) is 6.92 Å². The van der Waals surface area contributed by atoms with Gasteiger partial charge in [-0.2, -0.15) is 0 Å². The fourth-order valence-electron chi connectivity index (χ4n) is 1.62. The Balaban J connectivity index is 2.00. The molecule has 0 atom stereocenters. The van der Waals surface area contributed by atoms with Crippen molar-refractivity contribution in [3.63, 3.8) is 0 Å². The average Bonchev–Trinajstić information content (AvgIpc) is 2.99. The lowest BCUT2D eigenvalue weighted by molar-refractivity contribution is 0.0918. The van der Waals surface area contributed by atoms with Gasteiger partial charge in [0, 0.05) is 18.3 Å². The summed E-state index contributed by atoms with van der Waals surface area (Å²) in [5, 5.41) is 11.8. The van der Waals surface area contributed by atoms with Crippen molar-refractivity contribution in [1.82, 2.24) is 15.3 Å². The molecule has 1 aliphatic carbocycles. The maximum Gasteiger partial charge on any atom is 0.271 e. The van der Waals surface area contributed by atoms with E-state index in [-0.39, 0.29) is 18.1 Å². The quantitative estimate of drug-likeness (QED) is 0.773. The second-order valence-electron chi connectivity index (χ2n) is 4.25. The van der Waals surface area contributed by atoms with Crippen molar-refractivity contribution in [2.75, 3.05) is 6.61 Å². The van der Waals surface area contributed by atoms with E-state index in [0.29, 0.717) is 12.1 Å². The van der Waals surface area contributed by atoms with Crippen molar-refractivity contribution in [1.29, 1.82) is 0 Å². The topological polar surface area (TPSA) is 75.1 Å². The number of nitrogens with zero attached hydrogens (tertiary/aromatic N) is 2. The van der Waals surface area contributed by atoms with Crippen molar-refractivity contribution >= 4 is 5.91 Å². The van der Waals surface area contributed by atoms with Gasteiger partial charge in [-0.15, -0.1) is 0 Å². The van der Waals surface area contributed by atoms with Gasteiger partial charge in [-0.05, 0) is 26.2 Å². The molecule has 1 saturated carbocycles. The normalized spacial score (nSPS) is 16.9. The van der Waals surface area contributed by atoms with Gasteiger partial charge < -0.3 is 10.4 Å². The van der Waals surface area contributed by atoms with E-state index >= 15 is 0 Å². The zero-order valence-corrected chi connectivity index (χ0v) is 9.23. The molecule has 0 spiro atoms. The van der Waals surface area contributed by atoms with E-state index in [9.17, 15) is 4.79 Å². The Morgan fingerprint density at radius 3 is 2.75 bits per heavy atom. The molecule has 86 valence electrons. The van der Waals surface area contributed by atoms with Crippen LogP contribution >= 0.6 is 0 Å². The lowest BCUT2D eigenvalue weighted by Crippen LogP contribution is -2.38. The molecule has 5 nitrogen and oxygen atoms in total. The first-order chi connectivity index (χ1) is 7.65. The third kappa shape index (κ3) is 2.36.